The lowest BCUT2D eigenvalue weighted by Gasteiger charge is -2.28. The Balaban J connectivity index is 1.73. The van der Waals surface area contributed by atoms with Gasteiger partial charge in [0.2, 0.25) is 0 Å². The summed E-state index contributed by atoms with van der Waals surface area (Å²) in [6.07, 6.45) is 1.22. The summed E-state index contributed by atoms with van der Waals surface area (Å²) in [5.74, 6) is 0. The second-order valence-electron chi connectivity index (χ2n) is 5.86. The van der Waals surface area contributed by atoms with Gasteiger partial charge in [-0.3, -0.25) is 10.4 Å². The van der Waals surface area contributed by atoms with Crippen molar-refractivity contribution in [1.29, 1.82) is 0 Å². The summed E-state index contributed by atoms with van der Waals surface area (Å²) >= 11 is 1.89. The normalized spacial score (nSPS) is 27.0. The van der Waals surface area contributed by atoms with E-state index in [9.17, 15) is 0 Å². The van der Waals surface area contributed by atoms with Crippen LogP contribution in [0.4, 0.5) is 0 Å². The maximum absolute atomic E-state index is 5.32. The highest BCUT2D eigenvalue weighted by molar-refractivity contribution is 8.14. The molecule has 0 aromatic heterocycles. The minimum atomic E-state index is 0.390. The van der Waals surface area contributed by atoms with E-state index >= 15 is 0 Å². The maximum Gasteiger partial charge on any atom is 0.171 e. The SMILES string of the molecule is CC(C)(C)CC1CN=C(NN2CCOCC2)S1. The minimum absolute atomic E-state index is 0.390. The summed E-state index contributed by atoms with van der Waals surface area (Å²) < 4.78 is 5.32. The Hall–Kier alpha value is -0.260. The molecule has 17 heavy (non-hydrogen) atoms. The van der Waals surface area contributed by atoms with Gasteiger partial charge in [-0.1, -0.05) is 32.5 Å². The molecule has 0 spiro atoms. The predicted molar refractivity (Wildman–Crippen MR) is 73.3 cm³/mol. The van der Waals surface area contributed by atoms with Crippen LogP contribution in [-0.4, -0.2) is 48.3 Å². The fourth-order valence-corrected chi connectivity index (χ4v) is 3.46. The molecule has 1 unspecified atom stereocenters. The van der Waals surface area contributed by atoms with Gasteiger partial charge in [-0.2, -0.15) is 0 Å². The zero-order valence-corrected chi connectivity index (χ0v) is 11.8. The van der Waals surface area contributed by atoms with E-state index < -0.39 is 0 Å². The van der Waals surface area contributed by atoms with Crippen LogP contribution in [0.2, 0.25) is 0 Å². The molecule has 2 aliphatic rings. The molecule has 2 aliphatic heterocycles. The van der Waals surface area contributed by atoms with Crippen LogP contribution in [0.1, 0.15) is 27.2 Å². The number of rotatable bonds is 2. The Kier molecular flexibility index (Phi) is 4.33. The lowest BCUT2D eigenvalue weighted by Crippen LogP contribution is -2.47. The smallest absolute Gasteiger partial charge is 0.171 e. The summed E-state index contributed by atoms with van der Waals surface area (Å²) in [6.45, 7) is 11.4. The molecular formula is C12H23N3OS. The van der Waals surface area contributed by atoms with Gasteiger partial charge in [-0.25, -0.2) is 5.01 Å². The van der Waals surface area contributed by atoms with E-state index in [2.05, 4.69) is 36.2 Å². The molecule has 1 N–H and O–H groups in total. The van der Waals surface area contributed by atoms with Crippen molar-refractivity contribution >= 4 is 16.9 Å². The molecule has 0 radical (unpaired) electrons. The topological polar surface area (TPSA) is 36.9 Å². The summed E-state index contributed by atoms with van der Waals surface area (Å²) in [5.41, 5.74) is 3.79. The van der Waals surface area contributed by atoms with E-state index in [-0.39, 0.29) is 0 Å². The molecule has 0 aromatic rings. The van der Waals surface area contributed by atoms with E-state index in [1.54, 1.807) is 0 Å². The lowest BCUT2D eigenvalue weighted by atomic mass is 9.90. The van der Waals surface area contributed by atoms with Gasteiger partial charge in [-0.15, -0.1) is 0 Å². The van der Waals surface area contributed by atoms with E-state index in [0.717, 1.165) is 38.0 Å². The second kappa shape index (κ2) is 5.59. The number of aliphatic imine (C=N–C) groups is 1. The zero-order chi connectivity index (χ0) is 12.3. The Morgan fingerprint density at radius 3 is 2.76 bits per heavy atom. The molecular weight excluding hydrogens is 234 g/mol. The monoisotopic (exact) mass is 257 g/mol. The Bertz CT molecular complexity index is 282. The number of hydrogen-bond acceptors (Lipinski definition) is 5. The van der Waals surface area contributed by atoms with Crippen LogP contribution in [0.5, 0.6) is 0 Å². The Labute approximate surface area is 108 Å². The fourth-order valence-electron chi connectivity index (χ4n) is 2.08. The highest BCUT2D eigenvalue weighted by atomic mass is 32.2. The summed E-state index contributed by atoms with van der Waals surface area (Å²) in [5, 5.41) is 3.93. The molecule has 4 nitrogen and oxygen atoms in total. The van der Waals surface area contributed by atoms with Crippen molar-refractivity contribution in [2.24, 2.45) is 10.4 Å². The zero-order valence-electron chi connectivity index (χ0n) is 11.0. The predicted octanol–water partition coefficient (Wildman–Crippen LogP) is 1.73. The van der Waals surface area contributed by atoms with Gasteiger partial charge >= 0.3 is 0 Å². The van der Waals surface area contributed by atoms with Gasteiger partial charge in [0, 0.05) is 18.3 Å². The first kappa shape index (κ1) is 13.2. The van der Waals surface area contributed by atoms with E-state index in [1.165, 1.54) is 6.42 Å². The second-order valence-corrected chi connectivity index (χ2v) is 7.15. The number of thioether (sulfide) groups is 1. The van der Waals surface area contributed by atoms with Crippen LogP contribution in [0, 0.1) is 5.41 Å². The number of nitrogens with zero attached hydrogens (tertiary/aromatic N) is 2. The molecule has 2 heterocycles. The molecule has 2 rings (SSSR count). The van der Waals surface area contributed by atoms with Crippen molar-refractivity contribution in [2.75, 3.05) is 32.8 Å². The quantitative estimate of drug-likeness (QED) is 0.817. The third-order valence-electron chi connectivity index (χ3n) is 2.82. The molecule has 0 bridgehead atoms. The minimum Gasteiger partial charge on any atom is -0.379 e. The largest absolute Gasteiger partial charge is 0.379 e. The molecule has 98 valence electrons. The molecule has 0 aromatic carbocycles. The van der Waals surface area contributed by atoms with Crippen molar-refractivity contribution in [2.45, 2.75) is 32.4 Å². The molecule has 1 atom stereocenters. The van der Waals surface area contributed by atoms with Crippen molar-refractivity contribution < 1.29 is 4.74 Å². The number of hydrazine groups is 1. The summed E-state index contributed by atoms with van der Waals surface area (Å²) in [7, 11) is 0. The number of amidine groups is 1. The van der Waals surface area contributed by atoms with Crippen LogP contribution >= 0.6 is 11.8 Å². The van der Waals surface area contributed by atoms with Gasteiger partial charge in [0.05, 0.1) is 19.8 Å². The number of ether oxygens (including phenoxy) is 1. The number of hydrogen-bond donors (Lipinski definition) is 1. The van der Waals surface area contributed by atoms with Crippen molar-refractivity contribution in [1.82, 2.24) is 10.4 Å². The first-order valence-electron chi connectivity index (χ1n) is 6.33. The van der Waals surface area contributed by atoms with Crippen LogP contribution in [0.15, 0.2) is 4.99 Å². The first-order chi connectivity index (χ1) is 8.03. The van der Waals surface area contributed by atoms with Crippen molar-refractivity contribution in [3.63, 3.8) is 0 Å². The molecule has 1 saturated heterocycles. The van der Waals surface area contributed by atoms with Crippen LogP contribution in [-0.2, 0) is 4.74 Å². The van der Waals surface area contributed by atoms with E-state index in [1.807, 2.05) is 11.8 Å². The summed E-state index contributed by atoms with van der Waals surface area (Å²) in [6, 6.07) is 0. The van der Waals surface area contributed by atoms with Crippen molar-refractivity contribution in [3.05, 3.63) is 0 Å². The molecule has 5 heteroatoms. The summed E-state index contributed by atoms with van der Waals surface area (Å²) in [4.78, 5) is 4.58. The average Bonchev–Trinajstić information content (AvgIpc) is 2.64. The Morgan fingerprint density at radius 1 is 1.41 bits per heavy atom. The van der Waals surface area contributed by atoms with Crippen LogP contribution < -0.4 is 5.43 Å². The fraction of sp³-hybridized carbons (Fsp3) is 0.917. The van der Waals surface area contributed by atoms with Gasteiger partial charge in [0.25, 0.3) is 0 Å². The van der Waals surface area contributed by atoms with Crippen LogP contribution in [0.3, 0.4) is 0 Å². The lowest BCUT2D eigenvalue weighted by molar-refractivity contribution is 0.0254. The molecule has 0 aliphatic carbocycles. The van der Waals surface area contributed by atoms with Crippen molar-refractivity contribution in [3.8, 4) is 0 Å². The number of nitrogens with one attached hydrogen (secondary N) is 1. The highest BCUT2D eigenvalue weighted by Gasteiger charge is 2.26. The maximum atomic E-state index is 5.32. The third kappa shape index (κ3) is 4.48. The van der Waals surface area contributed by atoms with Gasteiger partial charge in [-0.05, 0) is 11.8 Å². The Morgan fingerprint density at radius 2 is 2.12 bits per heavy atom. The van der Waals surface area contributed by atoms with E-state index in [4.69, 9.17) is 4.74 Å². The van der Waals surface area contributed by atoms with Gasteiger partial charge in [0.1, 0.15) is 0 Å². The molecule has 1 fully saturated rings. The standard InChI is InChI=1S/C12H23N3OS/c1-12(2,3)8-10-9-13-11(17-10)14-15-4-6-16-7-5-15/h10H,4-9H2,1-3H3,(H,13,14). The highest BCUT2D eigenvalue weighted by Crippen LogP contribution is 2.31. The van der Waals surface area contributed by atoms with E-state index in [0.29, 0.717) is 10.7 Å². The van der Waals surface area contributed by atoms with Gasteiger partial charge in [0.15, 0.2) is 5.17 Å². The molecule has 0 saturated carbocycles. The average molecular weight is 257 g/mol. The van der Waals surface area contributed by atoms with Crippen LogP contribution in [0.25, 0.3) is 0 Å². The molecule has 0 amide bonds. The third-order valence-corrected chi connectivity index (χ3v) is 3.91. The van der Waals surface area contributed by atoms with Gasteiger partial charge < -0.3 is 4.74 Å². The first-order valence-corrected chi connectivity index (χ1v) is 7.21. The number of morpholine rings is 1.